The van der Waals surface area contributed by atoms with Crippen molar-refractivity contribution in [3.63, 3.8) is 0 Å². The molecule has 0 aromatic rings. The molecule has 3 rings (SSSR count). The summed E-state index contributed by atoms with van der Waals surface area (Å²) in [4.78, 5) is 0. The van der Waals surface area contributed by atoms with Gasteiger partial charge in [0, 0.05) is 12.1 Å². The van der Waals surface area contributed by atoms with E-state index in [0.717, 1.165) is 18.9 Å². The van der Waals surface area contributed by atoms with Gasteiger partial charge in [0.15, 0.2) is 0 Å². The van der Waals surface area contributed by atoms with Gasteiger partial charge in [0.1, 0.15) is 0 Å². The van der Waals surface area contributed by atoms with Gasteiger partial charge in [0.05, 0.1) is 5.60 Å². The summed E-state index contributed by atoms with van der Waals surface area (Å²) in [5, 5.41) is 14.4. The number of rotatable bonds is 2. The number of fused-ring (bicyclic) bond motifs is 2. The third-order valence-electron chi connectivity index (χ3n) is 5.52. The highest BCUT2D eigenvalue weighted by Gasteiger charge is 2.61. The summed E-state index contributed by atoms with van der Waals surface area (Å²) in [5.41, 5.74) is 0.0520. The molecule has 2 heteroatoms. The van der Waals surface area contributed by atoms with Crippen LogP contribution in [-0.4, -0.2) is 22.8 Å². The molecule has 0 aromatic heterocycles. The van der Waals surface area contributed by atoms with Crippen LogP contribution < -0.4 is 5.32 Å². The summed E-state index contributed by atoms with van der Waals surface area (Å²) < 4.78 is 0. The van der Waals surface area contributed by atoms with Gasteiger partial charge in [-0.15, -0.1) is 0 Å². The topological polar surface area (TPSA) is 32.3 Å². The molecule has 3 saturated carbocycles. The minimum absolute atomic E-state index is 0.0899. The molecule has 1 unspecified atom stereocenters. The van der Waals surface area contributed by atoms with Crippen LogP contribution in [0.15, 0.2) is 0 Å². The fraction of sp³-hybridized carbons (Fsp3) is 1.00. The second-order valence-corrected chi connectivity index (χ2v) is 8.06. The van der Waals surface area contributed by atoms with E-state index in [1.165, 1.54) is 6.42 Å². The van der Waals surface area contributed by atoms with Crippen LogP contribution in [0.4, 0.5) is 0 Å². The fourth-order valence-corrected chi connectivity index (χ4v) is 3.89. The van der Waals surface area contributed by atoms with Crippen molar-refractivity contribution in [1.82, 2.24) is 5.32 Å². The zero-order valence-electron chi connectivity index (χ0n) is 12.3. The van der Waals surface area contributed by atoms with Crippen LogP contribution in [0.25, 0.3) is 0 Å². The number of aliphatic hydroxyl groups is 1. The molecule has 0 spiro atoms. The minimum Gasteiger partial charge on any atom is -0.388 e. The van der Waals surface area contributed by atoms with Crippen molar-refractivity contribution in [2.45, 2.75) is 65.5 Å². The molecule has 3 aliphatic rings. The Balaban J connectivity index is 2.04. The van der Waals surface area contributed by atoms with Crippen molar-refractivity contribution in [2.75, 3.05) is 6.54 Å². The summed E-state index contributed by atoms with van der Waals surface area (Å²) in [5.74, 6) is 1.83. The fourth-order valence-electron chi connectivity index (χ4n) is 3.89. The number of β-amino-alcohol motifs (C(OH)–C–C–N with tert-alkyl or cyclic N) is 1. The highest BCUT2D eigenvalue weighted by Crippen LogP contribution is 2.63. The maximum atomic E-state index is 10.9. The summed E-state index contributed by atoms with van der Waals surface area (Å²) in [7, 11) is 0. The maximum Gasteiger partial charge on any atom is 0.0802 e. The first kappa shape index (κ1) is 13.4. The Hall–Kier alpha value is -0.0800. The van der Waals surface area contributed by atoms with Gasteiger partial charge in [-0.05, 0) is 56.8 Å². The van der Waals surface area contributed by atoms with Gasteiger partial charge in [0.2, 0.25) is 0 Å². The molecular weight excluding hydrogens is 210 g/mol. The van der Waals surface area contributed by atoms with Crippen molar-refractivity contribution in [1.29, 1.82) is 0 Å². The van der Waals surface area contributed by atoms with Gasteiger partial charge in [-0.3, -0.25) is 0 Å². The molecule has 0 saturated heterocycles. The monoisotopic (exact) mass is 239 g/mol. The van der Waals surface area contributed by atoms with Crippen molar-refractivity contribution in [2.24, 2.45) is 23.2 Å². The van der Waals surface area contributed by atoms with E-state index in [1.54, 1.807) is 0 Å². The lowest BCUT2D eigenvalue weighted by Crippen LogP contribution is -2.65. The number of hydrogen-bond donors (Lipinski definition) is 2. The molecule has 0 radical (unpaired) electrons. The highest BCUT2D eigenvalue weighted by molar-refractivity contribution is 5.11. The average Bonchev–Trinajstić information content (AvgIpc) is 2.18. The molecule has 0 heterocycles. The Labute approximate surface area is 106 Å². The van der Waals surface area contributed by atoms with Crippen molar-refractivity contribution in [3.8, 4) is 0 Å². The van der Waals surface area contributed by atoms with E-state index in [2.05, 4.69) is 46.9 Å². The molecular formula is C15H29NO. The van der Waals surface area contributed by atoms with Crippen molar-refractivity contribution >= 4 is 0 Å². The summed E-state index contributed by atoms with van der Waals surface area (Å²) in [6.07, 6.45) is 2.30. The van der Waals surface area contributed by atoms with E-state index in [1.807, 2.05) is 0 Å². The molecule has 2 bridgehead atoms. The smallest absolute Gasteiger partial charge is 0.0802 e. The second-order valence-electron chi connectivity index (χ2n) is 8.06. The molecule has 3 fully saturated rings. The van der Waals surface area contributed by atoms with Crippen LogP contribution in [0.3, 0.4) is 0 Å². The molecule has 2 nitrogen and oxygen atoms in total. The Morgan fingerprint density at radius 1 is 1.29 bits per heavy atom. The Kier molecular flexibility index (Phi) is 2.91. The predicted molar refractivity (Wildman–Crippen MR) is 71.9 cm³/mol. The van der Waals surface area contributed by atoms with Gasteiger partial charge < -0.3 is 10.4 Å². The molecule has 0 amide bonds. The van der Waals surface area contributed by atoms with Gasteiger partial charge in [-0.25, -0.2) is 0 Å². The van der Waals surface area contributed by atoms with Gasteiger partial charge >= 0.3 is 0 Å². The molecule has 2 N–H and O–H groups in total. The maximum absolute atomic E-state index is 10.9. The molecule has 4 atom stereocenters. The highest BCUT2D eigenvalue weighted by atomic mass is 16.3. The summed E-state index contributed by atoms with van der Waals surface area (Å²) in [6.45, 7) is 14.2. The quantitative estimate of drug-likeness (QED) is 0.776. The van der Waals surface area contributed by atoms with E-state index in [0.29, 0.717) is 17.3 Å². The zero-order chi connectivity index (χ0) is 13.1. The molecule has 17 heavy (non-hydrogen) atoms. The SMILES string of the molecule is C[C@@H]1[C@H]2C[C@@H](CC1(O)CNC(C)(C)C)C2(C)C. The first-order valence-electron chi connectivity index (χ1n) is 7.04. The Morgan fingerprint density at radius 3 is 2.29 bits per heavy atom. The molecule has 100 valence electrons. The van der Waals surface area contributed by atoms with Crippen LogP contribution in [0.1, 0.15) is 54.4 Å². The van der Waals surface area contributed by atoms with Gasteiger partial charge in [0.25, 0.3) is 0 Å². The lowest BCUT2D eigenvalue weighted by Gasteiger charge is -2.65. The molecule has 3 aliphatic carbocycles. The predicted octanol–water partition coefficient (Wildman–Crippen LogP) is 2.81. The van der Waals surface area contributed by atoms with Crippen LogP contribution in [0.2, 0.25) is 0 Å². The molecule has 0 aliphatic heterocycles. The lowest BCUT2D eigenvalue weighted by molar-refractivity contribution is -0.205. The third-order valence-corrected chi connectivity index (χ3v) is 5.52. The largest absolute Gasteiger partial charge is 0.388 e. The zero-order valence-corrected chi connectivity index (χ0v) is 12.3. The Morgan fingerprint density at radius 2 is 1.88 bits per heavy atom. The summed E-state index contributed by atoms with van der Waals surface area (Å²) >= 11 is 0. The van der Waals surface area contributed by atoms with Crippen molar-refractivity contribution in [3.05, 3.63) is 0 Å². The minimum atomic E-state index is -0.490. The van der Waals surface area contributed by atoms with Gasteiger partial charge in [-0.1, -0.05) is 20.8 Å². The van der Waals surface area contributed by atoms with Gasteiger partial charge in [-0.2, -0.15) is 0 Å². The van der Waals surface area contributed by atoms with E-state index >= 15 is 0 Å². The van der Waals surface area contributed by atoms with Crippen molar-refractivity contribution < 1.29 is 5.11 Å². The Bertz CT molecular complexity index is 305. The first-order chi connectivity index (χ1) is 7.56. The van der Waals surface area contributed by atoms with Crippen LogP contribution in [0.5, 0.6) is 0 Å². The third kappa shape index (κ3) is 2.15. The normalized spacial score (nSPS) is 44.3. The lowest BCUT2D eigenvalue weighted by atomic mass is 9.42. The average molecular weight is 239 g/mol. The van der Waals surface area contributed by atoms with Crippen LogP contribution in [0, 0.1) is 23.2 Å². The van der Waals surface area contributed by atoms with E-state index in [-0.39, 0.29) is 5.54 Å². The number of hydrogen-bond acceptors (Lipinski definition) is 2. The van der Waals surface area contributed by atoms with E-state index < -0.39 is 5.60 Å². The number of nitrogens with one attached hydrogen (secondary N) is 1. The summed E-state index contributed by atoms with van der Waals surface area (Å²) in [6, 6.07) is 0. The second kappa shape index (κ2) is 3.71. The van der Waals surface area contributed by atoms with E-state index in [9.17, 15) is 5.11 Å². The first-order valence-corrected chi connectivity index (χ1v) is 7.04. The van der Waals surface area contributed by atoms with E-state index in [4.69, 9.17) is 0 Å². The standard InChI is InChI=1S/C15H29NO/c1-10-12-7-11(14(12,5)6)8-15(10,17)9-16-13(2,3)4/h10-12,16-17H,7-9H2,1-6H3/t10-,11+,12-,15?/m1/s1. The molecule has 0 aromatic carbocycles. The van der Waals surface area contributed by atoms with Crippen LogP contribution >= 0.6 is 0 Å². The van der Waals surface area contributed by atoms with Crippen LogP contribution in [-0.2, 0) is 0 Å².